The highest BCUT2D eigenvalue weighted by Gasteiger charge is 2.25. The maximum Gasteiger partial charge on any atom is 0.289 e. The van der Waals surface area contributed by atoms with Crippen molar-refractivity contribution in [3.63, 3.8) is 0 Å². The second kappa shape index (κ2) is 7.97. The first-order chi connectivity index (χ1) is 11.0. The molecule has 126 valence electrons. The van der Waals surface area contributed by atoms with Crippen LogP contribution in [0, 0.1) is 0 Å². The van der Waals surface area contributed by atoms with Crippen molar-refractivity contribution in [3.8, 4) is 0 Å². The van der Waals surface area contributed by atoms with Gasteiger partial charge in [-0.25, -0.2) is 0 Å². The zero-order valence-electron chi connectivity index (χ0n) is 14.0. The Morgan fingerprint density at radius 2 is 2.00 bits per heavy atom. The molecule has 0 atom stereocenters. The molecule has 1 aliphatic heterocycles. The van der Waals surface area contributed by atoms with Crippen molar-refractivity contribution >= 4 is 11.8 Å². The largest absolute Gasteiger partial charge is 0.459 e. The fourth-order valence-electron chi connectivity index (χ4n) is 2.66. The van der Waals surface area contributed by atoms with Crippen LogP contribution in [0.15, 0.2) is 35.0 Å². The number of hydrogen-bond donors (Lipinski definition) is 0. The van der Waals surface area contributed by atoms with Crippen molar-refractivity contribution in [3.05, 3.63) is 36.3 Å². The summed E-state index contributed by atoms with van der Waals surface area (Å²) in [5, 5.41) is 0. The molecule has 2 rings (SSSR count). The van der Waals surface area contributed by atoms with Crippen LogP contribution in [-0.2, 0) is 4.79 Å². The molecule has 0 radical (unpaired) electrons. The molecule has 6 nitrogen and oxygen atoms in total. The molecule has 1 aromatic rings. The van der Waals surface area contributed by atoms with Gasteiger partial charge in [0.05, 0.1) is 12.8 Å². The van der Waals surface area contributed by atoms with Gasteiger partial charge in [0.25, 0.3) is 5.91 Å². The van der Waals surface area contributed by atoms with Gasteiger partial charge >= 0.3 is 0 Å². The summed E-state index contributed by atoms with van der Waals surface area (Å²) in [5.74, 6) is 0.396. The fraction of sp³-hybridized carbons (Fsp3) is 0.529. The summed E-state index contributed by atoms with van der Waals surface area (Å²) >= 11 is 0. The quantitative estimate of drug-likeness (QED) is 0.745. The molecule has 1 aromatic heterocycles. The Hall–Kier alpha value is -2.08. The van der Waals surface area contributed by atoms with Crippen LogP contribution in [0.3, 0.4) is 0 Å². The molecule has 2 heterocycles. The first kappa shape index (κ1) is 17.3. The Labute approximate surface area is 137 Å². The predicted molar refractivity (Wildman–Crippen MR) is 88.1 cm³/mol. The number of carbonyl (C=O) groups excluding carboxylic acids is 2. The fourth-order valence-corrected chi connectivity index (χ4v) is 2.66. The van der Waals surface area contributed by atoms with E-state index in [1.165, 1.54) is 6.26 Å². The number of likely N-dealkylation sites (N-methyl/N-ethyl adjacent to an activating group) is 1. The molecule has 0 aliphatic carbocycles. The smallest absolute Gasteiger partial charge is 0.289 e. The first-order valence-electron chi connectivity index (χ1n) is 7.98. The van der Waals surface area contributed by atoms with Gasteiger partial charge in [-0.05, 0) is 26.0 Å². The number of rotatable bonds is 6. The summed E-state index contributed by atoms with van der Waals surface area (Å²) in [7, 11) is 0. The van der Waals surface area contributed by atoms with E-state index in [9.17, 15) is 9.59 Å². The number of carbonyl (C=O) groups is 2. The lowest BCUT2D eigenvalue weighted by molar-refractivity contribution is -0.132. The van der Waals surface area contributed by atoms with E-state index in [-0.39, 0.29) is 11.8 Å². The standard InChI is InChI=1S/C17H25N3O3/c1-4-19(12-14(2)3)16(21)13-18-7-9-20(10-8-18)17(22)15-6-5-11-23-15/h5-6,11H,2,4,7-10,12-13H2,1,3H3. The lowest BCUT2D eigenvalue weighted by Gasteiger charge is -2.35. The Morgan fingerprint density at radius 1 is 1.30 bits per heavy atom. The topological polar surface area (TPSA) is 57.0 Å². The first-order valence-corrected chi connectivity index (χ1v) is 7.98. The molecule has 6 heteroatoms. The zero-order valence-corrected chi connectivity index (χ0v) is 14.0. The molecule has 1 aliphatic rings. The van der Waals surface area contributed by atoms with E-state index in [1.807, 2.05) is 18.7 Å². The Balaban J connectivity index is 1.81. The van der Waals surface area contributed by atoms with Crippen LogP contribution < -0.4 is 0 Å². The number of amides is 2. The molecular weight excluding hydrogens is 294 g/mol. The minimum Gasteiger partial charge on any atom is -0.459 e. The number of furan rings is 1. The lowest BCUT2D eigenvalue weighted by Crippen LogP contribution is -2.51. The van der Waals surface area contributed by atoms with Gasteiger partial charge < -0.3 is 14.2 Å². The monoisotopic (exact) mass is 319 g/mol. The summed E-state index contributed by atoms with van der Waals surface area (Å²) in [6.45, 7) is 12.1. The van der Waals surface area contributed by atoms with Gasteiger partial charge in [-0.3, -0.25) is 14.5 Å². The van der Waals surface area contributed by atoms with E-state index in [2.05, 4.69) is 11.5 Å². The van der Waals surface area contributed by atoms with Crippen LogP contribution in [0.4, 0.5) is 0 Å². The third-order valence-corrected chi connectivity index (χ3v) is 3.95. The number of piperazine rings is 1. The molecule has 0 spiro atoms. The second-order valence-electron chi connectivity index (χ2n) is 5.91. The Morgan fingerprint density at radius 3 is 2.52 bits per heavy atom. The van der Waals surface area contributed by atoms with Crippen molar-refractivity contribution in [2.75, 3.05) is 45.8 Å². The van der Waals surface area contributed by atoms with Crippen molar-refractivity contribution in [2.45, 2.75) is 13.8 Å². The average Bonchev–Trinajstić information content (AvgIpc) is 3.06. The summed E-state index contributed by atoms with van der Waals surface area (Å²) in [6.07, 6.45) is 1.50. The molecular formula is C17H25N3O3. The van der Waals surface area contributed by atoms with Crippen LogP contribution in [0.25, 0.3) is 0 Å². The van der Waals surface area contributed by atoms with Crippen molar-refractivity contribution in [1.29, 1.82) is 0 Å². The van der Waals surface area contributed by atoms with E-state index in [1.54, 1.807) is 17.0 Å². The molecule has 0 aromatic carbocycles. The molecule has 0 bridgehead atoms. The van der Waals surface area contributed by atoms with Gasteiger partial charge in [0, 0.05) is 39.3 Å². The van der Waals surface area contributed by atoms with Crippen LogP contribution in [0.2, 0.25) is 0 Å². The van der Waals surface area contributed by atoms with Crippen LogP contribution >= 0.6 is 0 Å². The highest BCUT2D eigenvalue weighted by molar-refractivity contribution is 5.91. The predicted octanol–water partition coefficient (Wildman–Crippen LogP) is 1.46. The minimum absolute atomic E-state index is 0.0848. The number of hydrogen-bond acceptors (Lipinski definition) is 4. The maximum atomic E-state index is 12.3. The van der Waals surface area contributed by atoms with E-state index in [0.717, 1.165) is 5.57 Å². The van der Waals surface area contributed by atoms with Crippen LogP contribution in [-0.4, -0.2) is 72.3 Å². The molecule has 1 saturated heterocycles. The summed E-state index contributed by atoms with van der Waals surface area (Å²) < 4.78 is 5.15. The van der Waals surface area contributed by atoms with Crippen molar-refractivity contribution < 1.29 is 14.0 Å². The molecule has 0 unspecified atom stereocenters. The van der Waals surface area contributed by atoms with E-state index >= 15 is 0 Å². The minimum atomic E-state index is -0.0848. The summed E-state index contributed by atoms with van der Waals surface area (Å²) in [5.41, 5.74) is 0.981. The van der Waals surface area contributed by atoms with Crippen LogP contribution in [0.1, 0.15) is 24.4 Å². The van der Waals surface area contributed by atoms with Crippen molar-refractivity contribution in [2.24, 2.45) is 0 Å². The van der Waals surface area contributed by atoms with Gasteiger partial charge in [-0.2, -0.15) is 0 Å². The Bertz CT molecular complexity index is 545. The molecule has 2 amide bonds. The van der Waals surface area contributed by atoms with Gasteiger partial charge in [-0.1, -0.05) is 12.2 Å². The second-order valence-corrected chi connectivity index (χ2v) is 5.91. The summed E-state index contributed by atoms with van der Waals surface area (Å²) in [4.78, 5) is 30.2. The average molecular weight is 319 g/mol. The van der Waals surface area contributed by atoms with E-state index < -0.39 is 0 Å². The molecule has 0 saturated carbocycles. The molecule has 0 N–H and O–H groups in total. The van der Waals surface area contributed by atoms with E-state index in [4.69, 9.17) is 4.42 Å². The van der Waals surface area contributed by atoms with Crippen LogP contribution in [0.5, 0.6) is 0 Å². The van der Waals surface area contributed by atoms with Gasteiger partial charge in [0.15, 0.2) is 5.76 Å². The van der Waals surface area contributed by atoms with E-state index in [0.29, 0.717) is 51.6 Å². The molecule has 1 fully saturated rings. The Kier molecular flexibility index (Phi) is 5.98. The maximum absolute atomic E-state index is 12.3. The third-order valence-electron chi connectivity index (χ3n) is 3.95. The lowest BCUT2D eigenvalue weighted by atomic mass is 10.2. The molecule has 23 heavy (non-hydrogen) atoms. The van der Waals surface area contributed by atoms with Gasteiger partial charge in [-0.15, -0.1) is 0 Å². The SMILES string of the molecule is C=C(C)CN(CC)C(=O)CN1CCN(C(=O)c2ccco2)CC1. The number of nitrogens with zero attached hydrogens (tertiary/aromatic N) is 3. The van der Waals surface area contributed by atoms with Gasteiger partial charge in [0.1, 0.15) is 0 Å². The van der Waals surface area contributed by atoms with Crippen molar-refractivity contribution in [1.82, 2.24) is 14.7 Å². The van der Waals surface area contributed by atoms with Gasteiger partial charge in [0.2, 0.25) is 5.91 Å². The highest BCUT2D eigenvalue weighted by atomic mass is 16.3. The summed E-state index contributed by atoms with van der Waals surface area (Å²) in [6, 6.07) is 3.39. The highest BCUT2D eigenvalue weighted by Crippen LogP contribution is 2.09. The zero-order chi connectivity index (χ0) is 16.8. The third kappa shape index (κ3) is 4.69. The normalized spacial score (nSPS) is 15.5.